The number of hydrogen-bond donors (Lipinski definition) is 2. The Morgan fingerprint density at radius 3 is 2.59 bits per heavy atom. The van der Waals surface area contributed by atoms with E-state index in [0.717, 1.165) is 11.5 Å². The highest BCUT2D eigenvalue weighted by Gasteiger charge is 2.65. The van der Waals surface area contributed by atoms with Crippen LogP contribution < -0.4 is 5.32 Å². The predicted molar refractivity (Wildman–Crippen MR) is 68.9 cm³/mol. The second-order valence-corrected chi connectivity index (χ2v) is 5.92. The second-order valence-electron chi connectivity index (χ2n) is 4.77. The summed E-state index contributed by atoms with van der Waals surface area (Å²) in [5.41, 5.74) is -0.413. The molecule has 2 atom stereocenters. The molecule has 0 aliphatic heterocycles. The number of thioether (sulfide) groups is 1. The van der Waals surface area contributed by atoms with Crippen LogP contribution in [0.4, 0.5) is 0 Å². The summed E-state index contributed by atoms with van der Waals surface area (Å²) in [6, 6.07) is 0. The Bertz CT molecular complexity index is 328. The molecule has 0 bridgehead atoms. The van der Waals surface area contributed by atoms with Gasteiger partial charge < -0.3 is 10.4 Å². The molecular formula is C12H19NO3S. The lowest BCUT2D eigenvalue weighted by Gasteiger charge is -2.05. The van der Waals surface area contributed by atoms with Crippen molar-refractivity contribution in [1.29, 1.82) is 0 Å². The van der Waals surface area contributed by atoms with Gasteiger partial charge in [0.1, 0.15) is 0 Å². The van der Waals surface area contributed by atoms with Crippen LogP contribution in [0.3, 0.4) is 0 Å². The molecule has 0 spiro atoms. The highest BCUT2D eigenvalue weighted by Crippen LogP contribution is 2.58. The van der Waals surface area contributed by atoms with Gasteiger partial charge in [0.25, 0.3) is 0 Å². The van der Waals surface area contributed by atoms with Gasteiger partial charge in [-0.05, 0) is 5.41 Å². The normalized spacial score (nSPS) is 25.1. The number of aliphatic carboxylic acids is 1. The van der Waals surface area contributed by atoms with E-state index < -0.39 is 17.3 Å². The Morgan fingerprint density at radius 1 is 1.47 bits per heavy atom. The van der Waals surface area contributed by atoms with E-state index in [2.05, 4.69) is 11.9 Å². The van der Waals surface area contributed by atoms with Gasteiger partial charge in [0, 0.05) is 18.1 Å². The number of carbonyl (C=O) groups excluding carboxylic acids is 1. The molecule has 17 heavy (non-hydrogen) atoms. The number of carboxylic acid groups (broad SMARTS) is 1. The van der Waals surface area contributed by atoms with Crippen molar-refractivity contribution in [1.82, 2.24) is 5.32 Å². The van der Waals surface area contributed by atoms with E-state index in [0.29, 0.717) is 6.54 Å². The Morgan fingerprint density at radius 2 is 2.12 bits per heavy atom. The fraction of sp³-hybridized carbons (Fsp3) is 0.667. The van der Waals surface area contributed by atoms with Crippen molar-refractivity contribution in [3.63, 3.8) is 0 Å². The summed E-state index contributed by atoms with van der Waals surface area (Å²) < 4.78 is 0. The smallest absolute Gasteiger partial charge is 0.307 e. The second kappa shape index (κ2) is 5.58. The third kappa shape index (κ3) is 3.25. The number of rotatable bonds is 7. The molecule has 0 saturated heterocycles. The minimum absolute atomic E-state index is 0.137. The topological polar surface area (TPSA) is 66.4 Å². The average molecular weight is 257 g/mol. The van der Waals surface area contributed by atoms with E-state index >= 15 is 0 Å². The van der Waals surface area contributed by atoms with Crippen LogP contribution in [0.15, 0.2) is 12.7 Å². The van der Waals surface area contributed by atoms with Crippen LogP contribution in [-0.4, -0.2) is 35.0 Å². The zero-order valence-electron chi connectivity index (χ0n) is 10.2. The Balaban J connectivity index is 2.30. The maximum absolute atomic E-state index is 11.8. The number of hydrogen-bond acceptors (Lipinski definition) is 3. The Hall–Kier alpha value is -0.970. The number of carboxylic acids is 1. The molecule has 0 heterocycles. The molecule has 5 heteroatoms. The summed E-state index contributed by atoms with van der Waals surface area (Å²) in [6.45, 7) is 7.83. The van der Waals surface area contributed by atoms with Gasteiger partial charge >= 0.3 is 5.97 Å². The maximum Gasteiger partial charge on any atom is 0.307 e. The van der Waals surface area contributed by atoms with Crippen LogP contribution in [0, 0.1) is 17.3 Å². The Labute approximate surface area is 106 Å². The SMILES string of the molecule is C=CCSCCNC(=O)[C@H]1[C@@H](C(=O)O)C1(C)C. The molecule has 1 amide bonds. The van der Waals surface area contributed by atoms with Gasteiger partial charge in [0.05, 0.1) is 11.8 Å². The Kier molecular flexibility index (Phi) is 4.62. The highest BCUT2D eigenvalue weighted by atomic mass is 32.2. The molecule has 1 aliphatic carbocycles. The molecule has 0 aromatic carbocycles. The summed E-state index contributed by atoms with van der Waals surface area (Å²) in [4.78, 5) is 22.7. The molecule has 0 aromatic rings. The molecule has 0 unspecified atom stereocenters. The maximum atomic E-state index is 11.8. The lowest BCUT2D eigenvalue weighted by molar-refractivity contribution is -0.140. The van der Waals surface area contributed by atoms with E-state index in [1.54, 1.807) is 11.8 Å². The molecule has 0 radical (unpaired) electrons. The molecule has 1 fully saturated rings. The van der Waals surface area contributed by atoms with Crippen LogP contribution in [0.2, 0.25) is 0 Å². The van der Waals surface area contributed by atoms with Crippen molar-refractivity contribution >= 4 is 23.6 Å². The quantitative estimate of drug-likeness (QED) is 0.534. The van der Waals surface area contributed by atoms with Crippen molar-refractivity contribution in [2.75, 3.05) is 18.1 Å². The lowest BCUT2D eigenvalue weighted by Crippen LogP contribution is -2.29. The van der Waals surface area contributed by atoms with E-state index in [1.165, 1.54) is 0 Å². The molecule has 4 nitrogen and oxygen atoms in total. The lowest BCUT2D eigenvalue weighted by atomic mass is 10.1. The summed E-state index contributed by atoms with van der Waals surface area (Å²) in [6.07, 6.45) is 1.82. The first-order valence-electron chi connectivity index (χ1n) is 5.62. The zero-order valence-corrected chi connectivity index (χ0v) is 11.0. The predicted octanol–water partition coefficient (Wildman–Crippen LogP) is 1.38. The first kappa shape index (κ1) is 14.1. The fourth-order valence-corrected chi connectivity index (χ4v) is 2.69. The first-order valence-corrected chi connectivity index (χ1v) is 6.77. The van der Waals surface area contributed by atoms with Crippen LogP contribution in [0.1, 0.15) is 13.8 Å². The standard InChI is InChI=1S/C12H19NO3S/c1-4-6-17-7-5-13-10(14)8-9(11(15)16)12(8,2)3/h4,8-9H,1,5-7H2,2-3H3,(H,13,14)(H,15,16)/t8-,9+/m1/s1. The van der Waals surface area contributed by atoms with Crippen LogP contribution in [0.25, 0.3) is 0 Å². The number of carbonyl (C=O) groups is 2. The highest BCUT2D eigenvalue weighted by molar-refractivity contribution is 7.99. The third-order valence-corrected chi connectivity index (χ3v) is 4.12. The van der Waals surface area contributed by atoms with Crippen molar-refractivity contribution in [3.05, 3.63) is 12.7 Å². The van der Waals surface area contributed by atoms with Gasteiger partial charge in [-0.15, -0.1) is 6.58 Å². The molecule has 2 N–H and O–H groups in total. The fourth-order valence-electron chi connectivity index (χ4n) is 2.11. The van der Waals surface area contributed by atoms with Crippen molar-refractivity contribution in [2.45, 2.75) is 13.8 Å². The van der Waals surface area contributed by atoms with Crippen LogP contribution in [-0.2, 0) is 9.59 Å². The monoisotopic (exact) mass is 257 g/mol. The summed E-state index contributed by atoms with van der Waals surface area (Å²) in [7, 11) is 0. The molecule has 96 valence electrons. The van der Waals surface area contributed by atoms with Gasteiger partial charge in [0.15, 0.2) is 0 Å². The van der Waals surface area contributed by atoms with Gasteiger partial charge in [-0.3, -0.25) is 9.59 Å². The van der Waals surface area contributed by atoms with E-state index in [4.69, 9.17) is 5.11 Å². The van der Waals surface area contributed by atoms with Crippen molar-refractivity contribution in [2.24, 2.45) is 17.3 Å². The zero-order chi connectivity index (χ0) is 13.1. The van der Waals surface area contributed by atoms with E-state index in [9.17, 15) is 9.59 Å². The minimum Gasteiger partial charge on any atom is -0.481 e. The van der Waals surface area contributed by atoms with Gasteiger partial charge in [-0.25, -0.2) is 0 Å². The third-order valence-electron chi connectivity index (χ3n) is 3.16. The largest absolute Gasteiger partial charge is 0.481 e. The van der Waals surface area contributed by atoms with Crippen LogP contribution in [0.5, 0.6) is 0 Å². The van der Waals surface area contributed by atoms with Gasteiger partial charge in [-0.2, -0.15) is 11.8 Å². The summed E-state index contributed by atoms with van der Waals surface area (Å²) in [5, 5.41) is 11.7. The molecule has 1 rings (SSSR count). The van der Waals surface area contributed by atoms with Crippen molar-refractivity contribution < 1.29 is 14.7 Å². The molecule has 0 aromatic heterocycles. The minimum atomic E-state index is -0.879. The van der Waals surface area contributed by atoms with Gasteiger partial charge in [-0.1, -0.05) is 19.9 Å². The summed E-state index contributed by atoms with van der Waals surface area (Å²) >= 11 is 1.69. The van der Waals surface area contributed by atoms with Crippen molar-refractivity contribution in [3.8, 4) is 0 Å². The molecular weight excluding hydrogens is 238 g/mol. The average Bonchev–Trinajstić information content (AvgIpc) is 2.81. The van der Waals surface area contributed by atoms with Crippen LogP contribution >= 0.6 is 11.8 Å². The van der Waals surface area contributed by atoms with E-state index in [-0.39, 0.29) is 11.8 Å². The molecule has 1 saturated carbocycles. The van der Waals surface area contributed by atoms with E-state index in [1.807, 2.05) is 19.9 Å². The molecule has 1 aliphatic rings. The summed E-state index contributed by atoms with van der Waals surface area (Å²) in [5.74, 6) is -0.254. The first-order chi connectivity index (χ1) is 7.92. The number of nitrogens with one attached hydrogen (secondary N) is 1. The van der Waals surface area contributed by atoms with Gasteiger partial charge in [0.2, 0.25) is 5.91 Å². The number of amides is 1.